The Balaban J connectivity index is 2.63. The van der Waals surface area contributed by atoms with Crippen LogP contribution in [0.15, 0.2) is 16.9 Å². The Morgan fingerprint density at radius 3 is 2.54 bits per heavy atom. The number of carbonyl (C=O) groups excluding carboxylic acids is 1. The molecule has 3 N–H and O–H groups in total. The SMILES string of the molecule is CCOC(=O)COc1c(I)cc(-c2c(C#N)c(N)[nH]c(=O)c2C#N)cc1OC. The largest absolute Gasteiger partial charge is 0.493 e. The Kier molecular flexibility index (Phi) is 6.84. The molecule has 10 heteroatoms. The number of pyridine rings is 1. The number of ether oxygens (including phenoxy) is 3. The Bertz CT molecular complexity index is 1070. The number of nitrogens with zero attached hydrogens (tertiary/aromatic N) is 2. The van der Waals surface area contributed by atoms with Crippen LogP contribution in [0.4, 0.5) is 5.82 Å². The molecule has 1 heterocycles. The second kappa shape index (κ2) is 9.10. The number of hydrogen-bond acceptors (Lipinski definition) is 8. The molecular formula is C18H15IN4O5. The molecule has 9 nitrogen and oxygen atoms in total. The van der Waals surface area contributed by atoms with Crippen molar-refractivity contribution in [3.8, 4) is 34.8 Å². The minimum absolute atomic E-state index is 0.0332. The van der Waals surface area contributed by atoms with Crippen LogP contribution in [0.2, 0.25) is 0 Å². The number of nitrogens with one attached hydrogen (secondary N) is 1. The summed E-state index contributed by atoms with van der Waals surface area (Å²) in [5, 5.41) is 18.8. The molecule has 0 aliphatic rings. The maximum Gasteiger partial charge on any atom is 0.344 e. The number of hydrogen-bond donors (Lipinski definition) is 2. The zero-order chi connectivity index (χ0) is 20.8. The van der Waals surface area contributed by atoms with Gasteiger partial charge in [0, 0.05) is 5.56 Å². The van der Waals surface area contributed by atoms with Crippen molar-refractivity contribution >= 4 is 34.4 Å². The van der Waals surface area contributed by atoms with Gasteiger partial charge < -0.3 is 24.9 Å². The first-order valence-corrected chi connectivity index (χ1v) is 8.98. The van der Waals surface area contributed by atoms with Crippen LogP contribution in [0.5, 0.6) is 11.5 Å². The van der Waals surface area contributed by atoms with Gasteiger partial charge in [-0.2, -0.15) is 10.5 Å². The average molecular weight is 494 g/mol. The van der Waals surface area contributed by atoms with Crippen LogP contribution in [0.3, 0.4) is 0 Å². The van der Waals surface area contributed by atoms with E-state index in [4.69, 9.17) is 19.9 Å². The van der Waals surface area contributed by atoms with Gasteiger partial charge in [0.15, 0.2) is 18.1 Å². The third kappa shape index (κ3) is 4.18. The van der Waals surface area contributed by atoms with Crippen LogP contribution in [-0.4, -0.2) is 31.3 Å². The van der Waals surface area contributed by atoms with Crippen LogP contribution in [-0.2, 0) is 9.53 Å². The van der Waals surface area contributed by atoms with Crippen molar-refractivity contribution in [3.63, 3.8) is 0 Å². The zero-order valence-corrected chi connectivity index (χ0v) is 17.1. The number of anilines is 1. The molecule has 2 aromatic rings. The molecule has 2 rings (SSSR count). The monoisotopic (exact) mass is 494 g/mol. The van der Waals surface area contributed by atoms with Gasteiger partial charge in [0.1, 0.15) is 29.1 Å². The number of esters is 1. The molecule has 28 heavy (non-hydrogen) atoms. The van der Waals surface area contributed by atoms with E-state index in [1.165, 1.54) is 13.2 Å². The number of nitriles is 2. The molecule has 0 aliphatic carbocycles. The molecule has 0 bridgehead atoms. The van der Waals surface area contributed by atoms with Gasteiger partial charge in [-0.05, 0) is 47.2 Å². The maximum absolute atomic E-state index is 12.1. The lowest BCUT2D eigenvalue weighted by Gasteiger charge is -2.15. The summed E-state index contributed by atoms with van der Waals surface area (Å²) in [6, 6.07) is 6.81. The van der Waals surface area contributed by atoms with Gasteiger partial charge in [-0.3, -0.25) is 4.79 Å². The van der Waals surface area contributed by atoms with Crippen molar-refractivity contribution in [3.05, 3.63) is 37.2 Å². The Morgan fingerprint density at radius 2 is 1.96 bits per heavy atom. The summed E-state index contributed by atoms with van der Waals surface area (Å²) in [5.74, 6) is -0.143. The van der Waals surface area contributed by atoms with Crippen molar-refractivity contribution in [2.45, 2.75) is 6.92 Å². The van der Waals surface area contributed by atoms with Gasteiger partial charge >= 0.3 is 5.97 Å². The lowest BCUT2D eigenvalue weighted by Crippen LogP contribution is -2.17. The fourth-order valence-corrected chi connectivity index (χ4v) is 3.23. The van der Waals surface area contributed by atoms with Crippen molar-refractivity contribution in [2.24, 2.45) is 0 Å². The van der Waals surface area contributed by atoms with Crippen molar-refractivity contribution in [1.29, 1.82) is 10.5 Å². The van der Waals surface area contributed by atoms with Crippen LogP contribution in [0.25, 0.3) is 11.1 Å². The summed E-state index contributed by atoms with van der Waals surface area (Å²) >= 11 is 1.95. The minimum Gasteiger partial charge on any atom is -0.493 e. The van der Waals surface area contributed by atoms with E-state index in [0.29, 0.717) is 9.13 Å². The molecule has 0 radical (unpaired) electrons. The summed E-state index contributed by atoms with van der Waals surface area (Å²) in [4.78, 5) is 25.9. The van der Waals surface area contributed by atoms with Gasteiger partial charge in [-0.25, -0.2) is 4.79 Å². The normalized spacial score (nSPS) is 9.89. The first kappa shape index (κ1) is 21.1. The number of methoxy groups -OCH3 is 1. The minimum atomic E-state index is -0.703. The molecule has 144 valence electrons. The van der Waals surface area contributed by atoms with Crippen LogP contribution < -0.4 is 20.8 Å². The van der Waals surface area contributed by atoms with Crippen LogP contribution in [0.1, 0.15) is 18.1 Å². The molecule has 0 atom stereocenters. The molecule has 0 unspecified atom stereocenters. The first-order chi connectivity index (χ1) is 13.4. The molecule has 0 aliphatic heterocycles. The predicted molar refractivity (Wildman–Crippen MR) is 108 cm³/mol. The third-order valence-corrected chi connectivity index (χ3v) is 4.43. The van der Waals surface area contributed by atoms with Gasteiger partial charge in [-0.1, -0.05) is 0 Å². The summed E-state index contributed by atoms with van der Waals surface area (Å²) in [5.41, 5.74) is 5.23. The second-order valence-corrected chi connectivity index (χ2v) is 6.46. The van der Waals surface area contributed by atoms with Gasteiger partial charge in [-0.15, -0.1) is 0 Å². The van der Waals surface area contributed by atoms with E-state index in [2.05, 4.69) is 4.98 Å². The van der Waals surface area contributed by atoms with Crippen molar-refractivity contribution in [1.82, 2.24) is 4.98 Å². The number of halogens is 1. The number of nitrogen functional groups attached to an aromatic ring is 1. The molecule has 0 spiro atoms. The lowest BCUT2D eigenvalue weighted by molar-refractivity contribution is -0.145. The quantitative estimate of drug-likeness (QED) is 0.457. The van der Waals surface area contributed by atoms with Gasteiger partial charge in [0.2, 0.25) is 0 Å². The number of nitrogens with two attached hydrogens (primary N) is 1. The highest BCUT2D eigenvalue weighted by Crippen LogP contribution is 2.39. The summed E-state index contributed by atoms with van der Waals surface area (Å²) in [6.45, 7) is 1.60. The Hall–Kier alpha value is -3.25. The van der Waals surface area contributed by atoms with E-state index in [0.717, 1.165) is 0 Å². The smallest absolute Gasteiger partial charge is 0.344 e. The van der Waals surface area contributed by atoms with E-state index in [-0.39, 0.29) is 47.2 Å². The molecular weight excluding hydrogens is 479 g/mol. The van der Waals surface area contributed by atoms with E-state index in [1.54, 1.807) is 19.1 Å². The maximum atomic E-state index is 12.1. The van der Waals surface area contributed by atoms with E-state index in [9.17, 15) is 20.1 Å². The summed E-state index contributed by atoms with van der Waals surface area (Å²) in [7, 11) is 1.40. The number of rotatable bonds is 6. The molecule has 0 saturated carbocycles. The second-order valence-electron chi connectivity index (χ2n) is 5.30. The van der Waals surface area contributed by atoms with E-state index in [1.807, 2.05) is 28.7 Å². The standard InChI is InChI=1S/C18H15IN4O5/c1-3-27-14(24)8-28-16-12(19)4-9(5-13(16)26-2)15-10(6-20)17(22)23-18(25)11(15)7-21/h4-5H,3,8H2,1-2H3,(H3,22,23,25). The zero-order valence-electron chi connectivity index (χ0n) is 15.0. The summed E-state index contributed by atoms with van der Waals surface area (Å²) in [6.07, 6.45) is 0. The number of H-pyrrole nitrogens is 1. The molecule has 0 fully saturated rings. The number of aromatic nitrogens is 1. The van der Waals surface area contributed by atoms with Crippen molar-refractivity contribution in [2.75, 3.05) is 26.1 Å². The topological polar surface area (TPSA) is 151 Å². The average Bonchev–Trinajstić information content (AvgIpc) is 2.66. The van der Waals surface area contributed by atoms with E-state index >= 15 is 0 Å². The molecule has 0 amide bonds. The van der Waals surface area contributed by atoms with Crippen LogP contribution >= 0.6 is 22.6 Å². The third-order valence-electron chi connectivity index (χ3n) is 3.63. The fourth-order valence-electron chi connectivity index (χ4n) is 2.47. The van der Waals surface area contributed by atoms with Gasteiger partial charge in [0.25, 0.3) is 5.56 Å². The molecule has 1 aromatic carbocycles. The van der Waals surface area contributed by atoms with Crippen molar-refractivity contribution < 1.29 is 19.0 Å². The van der Waals surface area contributed by atoms with E-state index < -0.39 is 11.5 Å². The lowest BCUT2D eigenvalue weighted by atomic mass is 9.96. The number of carbonyl (C=O) groups is 1. The highest BCUT2D eigenvalue weighted by atomic mass is 127. The fraction of sp³-hybridized carbons (Fsp3) is 0.222. The number of benzene rings is 1. The molecule has 1 aromatic heterocycles. The predicted octanol–water partition coefficient (Wildman–Crippen LogP) is 1.92. The number of aromatic amines is 1. The Labute approximate surface area is 173 Å². The Morgan fingerprint density at radius 1 is 1.29 bits per heavy atom. The molecule has 0 saturated heterocycles. The highest BCUT2D eigenvalue weighted by Gasteiger charge is 2.21. The van der Waals surface area contributed by atoms with Crippen LogP contribution in [0, 0.1) is 26.2 Å². The first-order valence-electron chi connectivity index (χ1n) is 7.90. The van der Waals surface area contributed by atoms with Gasteiger partial charge in [0.05, 0.1) is 17.3 Å². The highest BCUT2D eigenvalue weighted by molar-refractivity contribution is 14.1. The summed E-state index contributed by atoms with van der Waals surface area (Å²) < 4.78 is 16.2.